The van der Waals surface area contributed by atoms with Crippen LogP contribution in [0.3, 0.4) is 0 Å². The Labute approximate surface area is 357 Å². The number of carboxylic acids is 2. The van der Waals surface area contributed by atoms with E-state index in [1.165, 1.54) is 51.4 Å². The third-order valence-corrected chi connectivity index (χ3v) is 10.3. The minimum atomic E-state index is -1.44. The van der Waals surface area contributed by atoms with Crippen LogP contribution in [0.4, 0.5) is 0 Å². The Morgan fingerprint density at radius 2 is 1.07 bits per heavy atom. The molecule has 1 aliphatic heterocycles. The lowest BCUT2D eigenvalue weighted by atomic mass is 9.94. The molecule has 1 heterocycles. The van der Waals surface area contributed by atoms with Crippen molar-refractivity contribution in [1.29, 1.82) is 0 Å². The molecule has 0 unspecified atom stereocenters. The van der Waals surface area contributed by atoms with E-state index in [1.807, 2.05) is 0 Å². The van der Waals surface area contributed by atoms with Gasteiger partial charge in [0, 0.05) is 38.3 Å². The first-order valence-electron chi connectivity index (χ1n) is 22.5. The van der Waals surface area contributed by atoms with E-state index < -0.39 is 41.6 Å². The fourth-order valence-electron chi connectivity index (χ4n) is 6.90. The van der Waals surface area contributed by atoms with Crippen molar-refractivity contribution in [2.24, 2.45) is 5.92 Å². The SMILES string of the molecule is O=CCOCCOCCNC(=O)COCCOCCNC(=O)CC[C@@H](C(=O)O)N(C(=O)CCCCCCCCCCCCCCCCCCC(=O)O)C(=O)C1CCNCC1. The average Bonchev–Trinajstić information content (AvgIpc) is 3.23. The lowest BCUT2D eigenvalue weighted by molar-refractivity contribution is -0.161. The van der Waals surface area contributed by atoms with Crippen LogP contribution in [-0.2, 0) is 52.5 Å². The van der Waals surface area contributed by atoms with Gasteiger partial charge in [0.2, 0.25) is 23.6 Å². The second kappa shape index (κ2) is 38.4. The zero-order valence-corrected chi connectivity index (χ0v) is 36.1. The zero-order chi connectivity index (χ0) is 43.9. The lowest BCUT2D eigenvalue weighted by Crippen LogP contribution is -2.52. The highest BCUT2D eigenvalue weighted by Crippen LogP contribution is 2.22. The van der Waals surface area contributed by atoms with E-state index in [9.17, 15) is 38.7 Å². The van der Waals surface area contributed by atoms with Crippen molar-refractivity contribution in [3.63, 3.8) is 0 Å². The monoisotopic (exact) mass is 857 g/mol. The summed E-state index contributed by atoms with van der Waals surface area (Å²) in [6, 6.07) is -1.44. The van der Waals surface area contributed by atoms with Crippen LogP contribution in [0.25, 0.3) is 0 Å². The summed E-state index contributed by atoms with van der Waals surface area (Å²) in [4.78, 5) is 85.7. The van der Waals surface area contributed by atoms with Crippen molar-refractivity contribution in [1.82, 2.24) is 20.9 Å². The molecule has 4 amide bonds. The first-order chi connectivity index (χ1) is 29.2. The first-order valence-corrected chi connectivity index (χ1v) is 22.5. The Hall–Kier alpha value is -3.51. The Balaban J connectivity index is 2.29. The summed E-state index contributed by atoms with van der Waals surface area (Å²) in [6.45, 7) is 2.96. The van der Waals surface area contributed by atoms with Gasteiger partial charge >= 0.3 is 11.9 Å². The molecule has 0 aromatic rings. The maximum atomic E-state index is 13.6. The van der Waals surface area contributed by atoms with Crippen molar-refractivity contribution in [2.75, 3.05) is 79.0 Å². The van der Waals surface area contributed by atoms with Gasteiger partial charge in [0.05, 0.1) is 39.6 Å². The van der Waals surface area contributed by atoms with Gasteiger partial charge in [-0.2, -0.15) is 0 Å². The molecule has 0 aromatic heterocycles. The molecule has 0 saturated carbocycles. The number of piperidine rings is 1. The van der Waals surface area contributed by atoms with Crippen molar-refractivity contribution in [2.45, 2.75) is 147 Å². The third kappa shape index (κ3) is 30.5. The minimum Gasteiger partial charge on any atom is -0.481 e. The second-order valence-electron chi connectivity index (χ2n) is 15.3. The summed E-state index contributed by atoms with van der Waals surface area (Å²) in [5.74, 6) is -4.18. The average molecular weight is 857 g/mol. The van der Waals surface area contributed by atoms with Crippen molar-refractivity contribution in [3.05, 3.63) is 0 Å². The van der Waals surface area contributed by atoms with E-state index >= 15 is 0 Å². The van der Waals surface area contributed by atoms with Gasteiger partial charge in [-0.05, 0) is 45.2 Å². The number of hydrogen-bond acceptors (Lipinski definition) is 12. The third-order valence-electron chi connectivity index (χ3n) is 10.3. The van der Waals surface area contributed by atoms with Crippen molar-refractivity contribution >= 4 is 41.9 Å². The number of aldehydes is 1. The molecule has 0 bridgehead atoms. The summed E-state index contributed by atoms with van der Waals surface area (Å²) in [5.41, 5.74) is 0. The van der Waals surface area contributed by atoms with E-state index in [0.717, 1.165) is 49.8 Å². The fourth-order valence-corrected chi connectivity index (χ4v) is 6.90. The molecule has 346 valence electrons. The van der Waals surface area contributed by atoms with Crippen LogP contribution < -0.4 is 16.0 Å². The highest BCUT2D eigenvalue weighted by atomic mass is 16.5. The number of carbonyl (C=O) groups excluding carboxylic acids is 5. The van der Waals surface area contributed by atoms with Gasteiger partial charge in [-0.1, -0.05) is 89.9 Å². The molecule has 0 aromatic carbocycles. The molecule has 1 atom stereocenters. The number of carboxylic acid groups (broad SMARTS) is 2. The number of rotatable bonds is 41. The zero-order valence-electron chi connectivity index (χ0n) is 36.1. The summed E-state index contributed by atoms with van der Waals surface area (Å²) < 4.78 is 20.9. The molecule has 0 spiro atoms. The Morgan fingerprint density at radius 1 is 0.600 bits per heavy atom. The van der Waals surface area contributed by atoms with Gasteiger partial charge in [-0.25, -0.2) is 4.79 Å². The molecule has 17 nitrogen and oxygen atoms in total. The molecule has 5 N–H and O–H groups in total. The second-order valence-corrected chi connectivity index (χ2v) is 15.3. The van der Waals surface area contributed by atoms with Crippen LogP contribution in [0, 0.1) is 5.92 Å². The molecule has 0 aliphatic carbocycles. The minimum absolute atomic E-state index is 0.0190. The van der Waals surface area contributed by atoms with Gasteiger partial charge in [0.1, 0.15) is 25.5 Å². The van der Waals surface area contributed by atoms with E-state index in [-0.39, 0.29) is 71.2 Å². The molecule has 17 heteroatoms. The van der Waals surface area contributed by atoms with Crippen LogP contribution in [-0.4, -0.2) is 142 Å². The van der Waals surface area contributed by atoms with Crippen LogP contribution in [0.15, 0.2) is 0 Å². The van der Waals surface area contributed by atoms with Gasteiger partial charge in [-0.3, -0.25) is 28.9 Å². The number of hydrogen-bond donors (Lipinski definition) is 5. The molecular formula is C43H76N4O13. The summed E-state index contributed by atoms with van der Waals surface area (Å²) in [6.07, 6.45) is 18.9. The number of nitrogens with zero attached hydrogens (tertiary/aromatic N) is 1. The molecule has 0 radical (unpaired) electrons. The Morgan fingerprint density at radius 3 is 1.57 bits per heavy atom. The summed E-state index contributed by atoms with van der Waals surface area (Å²) in [7, 11) is 0. The number of aliphatic carboxylic acids is 2. The summed E-state index contributed by atoms with van der Waals surface area (Å²) in [5, 5.41) is 27.4. The Bertz CT molecular complexity index is 1190. The van der Waals surface area contributed by atoms with Crippen molar-refractivity contribution in [3.8, 4) is 0 Å². The topological polar surface area (TPSA) is 236 Å². The number of imide groups is 1. The van der Waals surface area contributed by atoms with E-state index in [1.54, 1.807) is 0 Å². The van der Waals surface area contributed by atoms with Gasteiger partial charge in [-0.15, -0.1) is 0 Å². The smallest absolute Gasteiger partial charge is 0.326 e. The number of carbonyl (C=O) groups is 7. The van der Waals surface area contributed by atoms with Crippen LogP contribution in [0.1, 0.15) is 141 Å². The number of unbranched alkanes of at least 4 members (excludes halogenated alkanes) is 15. The highest BCUT2D eigenvalue weighted by molar-refractivity contribution is 6.00. The van der Waals surface area contributed by atoms with E-state index in [0.29, 0.717) is 65.0 Å². The lowest BCUT2D eigenvalue weighted by Gasteiger charge is -2.32. The molecule has 60 heavy (non-hydrogen) atoms. The maximum Gasteiger partial charge on any atom is 0.326 e. The van der Waals surface area contributed by atoms with Crippen molar-refractivity contribution < 1.29 is 62.7 Å². The van der Waals surface area contributed by atoms with Crippen LogP contribution >= 0.6 is 0 Å². The van der Waals surface area contributed by atoms with Crippen LogP contribution in [0.2, 0.25) is 0 Å². The summed E-state index contributed by atoms with van der Waals surface area (Å²) >= 11 is 0. The standard InChI is InChI=1S/C43H76N4O13/c48-27-30-59-32-31-57-29-26-46-39(50)35-60-34-33-58-28-25-45-38(49)20-19-37(43(55)56)47(42(54)36-21-23-44-24-22-36)40(51)17-15-13-11-9-7-5-3-1-2-4-6-8-10-12-14-16-18-41(52)53/h27,36-37,44H,1-26,28-35H2,(H,45,49)(H,46,50)(H,52,53)(H,55,56)/t37-/m0/s1. The first kappa shape index (κ1) is 54.5. The quantitative estimate of drug-likeness (QED) is 0.0429. The maximum absolute atomic E-state index is 13.6. The fraction of sp³-hybridized carbons (Fsp3) is 0.837. The predicted molar refractivity (Wildman–Crippen MR) is 224 cm³/mol. The normalized spacial score (nSPS) is 13.4. The number of nitrogens with one attached hydrogen (secondary N) is 3. The molecule has 1 aliphatic rings. The number of amides is 4. The molecule has 1 fully saturated rings. The molecule has 1 rings (SSSR count). The van der Waals surface area contributed by atoms with Gasteiger partial charge in [0.15, 0.2) is 0 Å². The molecule has 1 saturated heterocycles. The van der Waals surface area contributed by atoms with E-state index in [2.05, 4.69) is 16.0 Å². The number of ether oxygens (including phenoxy) is 4. The molecular weight excluding hydrogens is 780 g/mol. The predicted octanol–water partition coefficient (Wildman–Crippen LogP) is 4.18. The highest BCUT2D eigenvalue weighted by Gasteiger charge is 2.38. The van der Waals surface area contributed by atoms with Gasteiger partial charge < -0.3 is 49.9 Å². The van der Waals surface area contributed by atoms with Gasteiger partial charge in [0.25, 0.3) is 0 Å². The van der Waals surface area contributed by atoms with Crippen LogP contribution in [0.5, 0.6) is 0 Å². The van der Waals surface area contributed by atoms with E-state index in [4.69, 9.17) is 24.1 Å². The Kier molecular flexibility index (Phi) is 34.9. The largest absolute Gasteiger partial charge is 0.481 e.